The number of amides is 1. The normalized spacial score (nSPS) is 10.5. The molecule has 1 amide bonds. The quantitative estimate of drug-likeness (QED) is 0.834. The highest BCUT2D eigenvalue weighted by molar-refractivity contribution is 5.92. The lowest BCUT2D eigenvalue weighted by Gasteiger charge is -2.13. The van der Waals surface area contributed by atoms with Gasteiger partial charge in [0.1, 0.15) is 11.6 Å². The molecule has 0 spiro atoms. The van der Waals surface area contributed by atoms with E-state index in [0.717, 1.165) is 18.5 Å². The van der Waals surface area contributed by atoms with Crippen LogP contribution in [0.3, 0.4) is 0 Å². The fraction of sp³-hybridized carbons (Fsp3) is 0.294. The number of hydrogen-bond acceptors (Lipinski definition) is 3. The number of rotatable bonds is 6. The first-order chi connectivity index (χ1) is 10.6. The highest BCUT2D eigenvalue weighted by Crippen LogP contribution is 2.17. The Bertz CT molecular complexity index is 607. The van der Waals surface area contributed by atoms with Gasteiger partial charge < -0.3 is 10.6 Å². The number of nitrogens with zero attached hydrogens (tertiary/aromatic N) is 1. The fourth-order valence-corrected chi connectivity index (χ4v) is 2.13. The molecule has 2 rings (SSSR count). The molecular weight excluding hydrogens is 281 g/mol. The Kier molecular flexibility index (Phi) is 5.47. The van der Waals surface area contributed by atoms with Gasteiger partial charge in [-0.1, -0.05) is 13.8 Å². The van der Waals surface area contributed by atoms with E-state index in [1.54, 1.807) is 30.5 Å². The molecule has 1 aromatic carbocycles. The highest BCUT2D eigenvalue weighted by atomic mass is 19.1. The number of halogens is 1. The molecule has 0 atom stereocenters. The second kappa shape index (κ2) is 7.54. The predicted molar refractivity (Wildman–Crippen MR) is 86.6 cm³/mol. The molecular formula is C17H20FN3O. The summed E-state index contributed by atoms with van der Waals surface area (Å²) in [5, 5.41) is 5.93. The van der Waals surface area contributed by atoms with Crippen molar-refractivity contribution in [2.24, 2.45) is 5.92 Å². The third-order valence-electron chi connectivity index (χ3n) is 3.50. The molecule has 0 aliphatic rings. The monoisotopic (exact) mass is 301 g/mol. The molecule has 5 heteroatoms. The van der Waals surface area contributed by atoms with Crippen LogP contribution >= 0.6 is 0 Å². The predicted octanol–water partition coefficient (Wildman–Crippen LogP) is 4.34. The van der Waals surface area contributed by atoms with Gasteiger partial charge in [-0.25, -0.2) is 9.37 Å². The van der Waals surface area contributed by atoms with Gasteiger partial charge in [-0.15, -0.1) is 0 Å². The lowest BCUT2D eigenvalue weighted by atomic mass is 10.0. The van der Waals surface area contributed by atoms with Gasteiger partial charge in [0.2, 0.25) is 5.91 Å². The Morgan fingerprint density at radius 2 is 1.73 bits per heavy atom. The summed E-state index contributed by atoms with van der Waals surface area (Å²) in [6.07, 6.45) is 3.24. The van der Waals surface area contributed by atoms with E-state index in [0.29, 0.717) is 11.5 Å². The average Bonchev–Trinajstić information content (AvgIpc) is 2.53. The zero-order valence-corrected chi connectivity index (χ0v) is 12.8. The standard InChI is InChI=1S/C17H20FN3O/c1-3-12(4-2)17(22)21-15-9-10-16(19-11-15)20-14-7-5-13(18)6-8-14/h5-12H,3-4H2,1-2H3,(H,19,20)(H,21,22). The largest absolute Gasteiger partial charge is 0.340 e. The van der Waals surface area contributed by atoms with Gasteiger partial charge in [0.25, 0.3) is 0 Å². The fourth-order valence-electron chi connectivity index (χ4n) is 2.13. The number of carbonyl (C=O) groups excluding carboxylic acids is 1. The third kappa shape index (κ3) is 4.28. The maximum Gasteiger partial charge on any atom is 0.227 e. The summed E-state index contributed by atoms with van der Waals surface area (Å²) in [6.45, 7) is 4.00. The molecule has 0 unspecified atom stereocenters. The van der Waals surface area contributed by atoms with Crippen LogP contribution in [-0.4, -0.2) is 10.9 Å². The Morgan fingerprint density at radius 3 is 2.27 bits per heavy atom. The first-order valence-electron chi connectivity index (χ1n) is 7.42. The molecule has 0 saturated heterocycles. The summed E-state index contributed by atoms with van der Waals surface area (Å²) in [7, 11) is 0. The van der Waals surface area contributed by atoms with Gasteiger partial charge in [0.05, 0.1) is 11.9 Å². The Morgan fingerprint density at radius 1 is 1.09 bits per heavy atom. The summed E-state index contributed by atoms with van der Waals surface area (Å²) < 4.78 is 12.8. The molecule has 116 valence electrons. The van der Waals surface area contributed by atoms with Crippen LogP contribution in [-0.2, 0) is 4.79 Å². The van der Waals surface area contributed by atoms with E-state index in [4.69, 9.17) is 0 Å². The van der Waals surface area contributed by atoms with E-state index in [2.05, 4.69) is 15.6 Å². The van der Waals surface area contributed by atoms with Gasteiger partial charge in [0.15, 0.2) is 0 Å². The van der Waals surface area contributed by atoms with Gasteiger partial charge >= 0.3 is 0 Å². The minimum atomic E-state index is -0.280. The van der Waals surface area contributed by atoms with E-state index < -0.39 is 0 Å². The van der Waals surface area contributed by atoms with Gasteiger partial charge in [-0.05, 0) is 49.2 Å². The van der Waals surface area contributed by atoms with Crippen LogP contribution < -0.4 is 10.6 Å². The lowest BCUT2D eigenvalue weighted by Crippen LogP contribution is -2.21. The van der Waals surface area contributed by atoms with Crippen LogP contribution in [0.25, 0.3) is 0 Å². The Labute approximate surface area is 129 Å². The van der Waals surface area contributed by atoms with E-state index in [1.165, 1.54) is 12.1 Å². The highest BCUT2D eigenvalue weighted by Gasteiger charge is 2.14. The summed E-state index contributed by atoms with van der Waals surface area (Å²) in [5.41, 5.74) is 1.42. The van der Waals surface area contributed by atoms with Gasteiger partial charge in [-0.2, -0.15) is 0 Å². The summed E-state index contributed by atoms with van der Waals surface area (Å²) in [5.74, 6) is 0.396. The van der Waals surface area contributed by atoms with Crippen LogP contribution in [0, 0.1) is 11.7 Å². The number of aromatic nitrogens is 1. The lowest BCUT2D eigenvalue weighted by molar-refractivity contribution is -0.120. The first-order valence-corrected chi connectivity index (χ1v) is 7.42. The van der Waals surface area contributed by atoms with Crippen LogP contribution in [0.1, 0.15) is 26.7 Å². The van der Waals surface area contributed by atoms with E-state index >= 15 is 0 Å². The van der Waals surface area contributed by atoms with Crippen LogP contribution in [0.2, 0.25) is 0 Å². The Balaban J connectivity index is 1.98. The van der Waals surface area contributed by atoms with E-state index in [9.17, 15) is 9.18 Å². The molecule has 4 nitrogen and oxygen atoms in total. The average molecular weight is 301 g/mol. The molecule has 0 aliphatic carbocycles. The molecule has 0 bridgehead atoms. The number of hydrogen-bond donors (Lipinski definition) is 2. The third-order valence-corrected chi connectivity index (χ3v) is 3.50. The molecule has 2 N–H and O–H groups in total. The van der Waals surface area contributed by atoms with Crippen LogP contribution in [0.15, 0.2) is 42.6 Å². The molecule has 22 heavy (non-hydrogen) atoms. The molecule has 1 aromatic heterocycles. The van der Waals surface area contributed by atoms with E-state index in [-0.39, 0.29) is 17.6 Å². The van der Waals surface area contributed by atoms with Crippen molar-refractivity contribution >= 4 is 23.1 Å². The zero-order valence-electron chi connectivity index (χ0n) is 12.8. The second-order valence-electron chi connectivity index (χ2n) is 5.07. The van der Waals surface area contributed by atoms with Crippen molar-refractivity contribution < 1.29 is 9.18 Å². The SMILES string of the molecule is CCC(CC)C(=O)Nc1ccc(Nc2ccc(F)cc2)nc1. The summed E-state index contributed by atoms with van der Waals surface area (Å²) in [4.78, 5) is 16.2. The second-order valence-corrected chi connectivity index (χ2v) is 5.07. The van der Waals surface area contributed by atoms with Crippen molar-refractivity contribution in [3.63, 3.8) is 0 Å². The minimum Gasteiger partial charge on any atom is -0.340 e. The minimum absolute atomic E-state index is 0.0195. The zero-order chi connectivity index (χ0) is 15.9. The van der Waals surface area contributed by atoms with Gasteiger partial charge in [-0.3, -0.25) is 4.79 Å². The number of anilines is 3. The maximum absolute atomic E-state index is 12.8. The van der Waals surface area contributed by atoms with Crippen LogP contribution in [0.5, 0.6) is 0 Å². The number of benzene rings is 1. The number of carbonyl (C=O) groups is 1. The van der Waals surface area contributed by atoms with Crippen molar-refractivity contribution in [1.29, 1.82) is 0 Å². The first kappa shape index (κ1) is 15.9. The van der Waals surface area contributed by atoms with Gasteiger partial charge in [0, 0.05) is 11.6 Å². The number of pyridine rings is 1. The smallest absolute Gasteiger partial charge is 0.227 e. The van der Waals surface area contributed by atoms with Crippen molar-refractivity contribution in [2.75, 3.05) is 10.6 Å². The molecule has 0 fully saturated rings. The van der Waals surface area contributed by atoms with Crippen molar-refractivity contribution in [3.8, 4) is 0 Å². The van der Waals surface area contributed by atoms with Crippen LogP contribution in [0.4, 0.5) is 21.6 Å². The molecule has 0 aliphatic heterocycles. The Hall–Kier alpha value is -2.43. The van der Waals surface area contributed by atoms with Crippen molar-refractivity contribution in [1.82, 2.24) is 4.98 Å². The summed E-state index contributed by atoms with van der Waals surface area (Å²) >= 11 is 0. The maximum atomic E-state index is 12.8. The molecule has 2 aromatic rings. The summed E-state index contributed by atoms with van der Waals surface area (Å²) in [6, 6.07) is 9.60. The van der Waals surface area contributed by atoms with Crippen molar-refractivity contribution in [2.45, 2.75) is 26.7 Å². The van der Waals surface area contributed by atoms with E-state index in [1.807, 2.05) is 13.8 Å². The molecule has 1 heterocycles. The van der Waals surface area contributed by atoms with Crippen molar-refractivity contribution in [3.05, 3.63) is 48.4 Å². The topological polar surface area (TPSA) is 54.0 Å². The number of nitrogens with one attached hydrogen (secondary N) is 2. The molecule has 0 radical (unpaired) electrons. The molecule has 0 saturated carbocycles.